The Hall–Kier alpha value is 0.460. The van der Waals surface area contributed by atoms with E-state index in [4.69, 9.17) is 0 Å². The van der Waals surface area contributed by atoms with Crippen molar-refractivity contribution in [1.29, 1.82) is 0 Å². The maximum absolute atomic E-state index is 13.0. The smallest absolute Gasteiger partial charge is 0.270 e. The van der Waals surface area contributed by atoms with Gasteiger partial charge >= 0.3 is 0 Å². The molecule has 0 aliphatic carbocycles. The standard InChI is InChI=1S/C10H22N3OPS/c1-6-16-11-15(14,12-7-9(12,2)3)13-8-10(13,4)5/h6-8H2,1-5H3,(H,11,14). The van der Waals surface area contributed by atoms with Crippen molar-refractivity contribution in [2.75, 3.05) is 18.8 Å². The molecule has 2 atom stereocenters. The SMILES string of the molecule is CCSNP(=O)(N1CC1(C)C)N1CC1(C)C. The van der Waals surface area contributed by atoms with E-state index in [1.807, 2.05) is 0 Å². The van der Waals surface area contributed by atoms with Crippen molar-refractivity contribution in [2.24, 2.45) is 0 Å². The van der Waals surface area contributed by atoms with Gasteiger partial charge in [0.05, 0.1) is 0 Å². The fourth-order valence-corrected chi connectivity index (χ4v) is 6.75. The molecular formula is C10H22N3OPS. The molecule has 2 rings (SSSR count). The lowest BCUT2D eigenvalue weighted by atomic mass is 10.2. The molecule has 2 aliphatic heterocycles. The topological polar surface area (TPSA) is 35.1 Å². The van der Waals surface area contributed by atoms with Crippen LogP contribution in [0.4, 0.5) is 0 Å². The molecule has 2 unspecified atom stereocenters. The van der Waals surface area contributed by atoms with E-state index in [1.165, 1.54) is 0 Å². The molecule has 0 aromatic carbocycles. The summed E-state index contributed by atoms with van der Waals surface area (Å²) in [7, 11) is -2.52. The summed E-state index contributed by atoms with van der Waals surface area (Å²) in [5, 5.41) is 0. The van der Waals surface area contributed by atoms with E-state index in [1.54, 1.807) is 11.9 Å². The molecule has 4 nitrogen and oxygen atoms in total. The summed E-state index contributed by atoms with van der Waals surface area (Å²) in [5.41, 5.74) is 0.186. The van der Waals surface area contributed by atoms with E-state index in [-0.39, 0.29) is 11.1 Å². The lowest BCUT2D eigenvalue weighted by Crippen LogP contribution is -2.23. The second-order valence-electron chi connectivity index (χ2n) is 5.81. The highest BCUT2D eigenvalue weighted by molar-refractivity contribution is 8.02. The highest BCUT2D eigenvalue weighted by Gasteiger charge is 2.64. The molecule has 2 aliphatic rings. The first kappa shape index (κ1) is 12.9. The maximum Gasteiger partial charge on any atom is 0.294 e. The van der Waals surface area contributed by atoms with Crippen molar-refractivity contribution in [3.63, 3.8) is 0 Å². The van der Waals surface area contributed by atoms with E-state index in [0.29, 0.717) is 0 Å². The van der Waals surface area contributed by atoms with Crippen LogP contribution in [0.5, 0.6) is 0 Å². The zero-order chi connectivity index (χ0) is 12.2. The lowest BCUT2D eigenvalue weighted by Gasteiger charge is -2.25. The molecule has 2 saturated heterocycles. The van der Waals surface area contributed by atoms with Crippen molar-refractivity contribution >= 4 is 19.5 Å². The Kier molecular flexibility index (Phi) is 3.00. The third-order valence-electron chi connectivity index (χ3n) is 3.25. The molecule has 1 N–H and O–H groups in total. The van der Waals surface area contributed by atoms with Gasteiger partial charge in [0.1, 0.15) is 0 Å². The van der Waals surface area contributed by atoms with Crippen LogP contribution in [-0.4, -0.2) is 39.3 Å². The van der Waals surface area contributed by atoms with Crippen LogP contribution in [0, 0.1) is 0 Å². The van der Waals surface area contributed by atoms with Crippen LogP contribution in [0.2, 0.25) is 0 Å². The van der Waals surface area contributed by atoms with Gasteiger partial charge in [0.15, 0.2) is 0 Å². The van der Waals surface area contributed by atoms with Gasteiger partial charge in [0.25, 0.3) is 7.59 Å². The van der Waals surface area contributed by atoms with Crippen molar-refractivity contribution in [2.45, 2.75) is 45.7 Å². The minimum absolute atomic E-state index is 0.0928. The fraction of sp³-hybridized carbons (Fsp3) is 1.00. The van der Waals surface area contributed by atoms with Crippen molar-refractivity contribution in [1.82, 2.24) is 13.8 Å². The lowest BCUT2D eigenvalue weighted by molar-refractivity contribution is 0.467. The Labute approximate surface area is 103 Å². The van der Waals surface area contributed by atoms with Crippen LogP contribution in [0.1, 0.15) is 34.6 Å². The third kappa shape index (κ3) is 2.08. The first-order chi connectivity index (χ1) is 7.24. The fourth-order valence-electron chi connectivity index (χ4n) is 1.97. The van der Waals surface area contributed by atoms with Crippen LogP contribution in [0.25, 0.3) is 0 Å². The predicted molar refractivity (Wildman–Crippen MR) is 70.4 cm³/mol. The average Bonchev–Trinajstić information content (AvgIpc) is 2.99. The zero-order valence-corrected chi connectivity index (χ0v) is 12.5. The van der Waals surface area contributed by atoms with Gasteiger partial charge in [-0.3, -0.25) is 4.57 Å². The molecule has 0 aromatic rings. The zero-order valence-electron chi connectivity index (χ0n) is 10.8. The normalized spacial score (nSPS) is 37.8. The first-order valence-electron chi connectivity index (χ1n) is 5.79. The van der Waals surface area contributed by atoms with Gasteiger partial charge in [-0.05, 0) is 27.7 Å². The molecule has 16 heavy (non-hydrogen) atoms. The van der Waals surface area contributed by atoms with E-state index in [9.17, 15) is 4.57 Å². The van der Waals surface area contributed by atoms with Gasteiger partial charge in [0, 0.05) is 29.9 Å². The Morgan fingerprint density at radius 3 is 1.81 bits per heavy atom. The van der Waals surface area contributed by atoms with E-state index in [2.05, 4.69) is 48.5 Å². The molecule has 0 bridgehead atoms. The summed E-state index contributed by atoms with van der Waals surface area (Å²) >= 11 is 1.56. The Bertz CT molecular complexity index is 319. The van der Waals surface area contributed by atoms with Crippen LogP contribution in [0.3, 0.4) is 0 Å². The van der Waals surface area contributed by atoms with Gasteiger partial charge < -0.3 is 0 Å². The van der Waals surface area contributed by atoms with Gasteiger partial charge in [-0.25, -0.2) is 9.34 Å². The van der Waals surface area contributed by atoms with Gasteiger partial charge in [-0.15, -0.1) is 0 Å². The van der Waals surface area contributed by atoms with E-state index in [0.717, 1.165) is 18.8 Å². The number of hydrogen-bond acceptors (Lipinski definition) is 2. The third-order valence-corrected chi connectivity index (χ3v) is 7.68. The molecule has 0 amide bonds. The molecule has 0 saturated carbocycles. The van der Waals surface area contributed by atoms with Crippen molar-refractivity contribution < 1.29 is 4.57 Å². The van der Waals surface area contributed by atoms with Crippen LogP contribution in [-0.2, 0) is 4.57 Å². The van der Waals surface area contributed by atoms with E-state index < -0.39 is 7.59 Å². The summed E-state index contributed by atoms with van der Waals surface area (Å²) in [5.74, 6) is 0.937. The van der Waals surface area contributed by atoms with Gasteiger partial charge in [0.2, 0.25) is 0 Å². The largest absolute Gasteiger partial charge is 0.294 e. The molecule has 0 aromatic heterocycles. The summed E-state index contributed by atoms with van der Waals surface area (Å²) in [6.07, 6.45) is 0. The summed E-state index contributed by atoms with van der Waals surface area (Å²) in [6.45, 7) is 12.5. The Morgan fingerprint density at radius 1 is 1.19 bits per heavy atom. The molecule has 2 heterocycles. The van der Waals surface area contributed by atoms with Crippen LogP contribution >= 0.6 is 19.5 Å². The minimum Gasteiger partial charge on any atom is -0.270 e. The highest BCUT2D eigenvalue weighted by atomic mass is 32.2. The quantitative estimate of drug-likeness (QED) is 0.468. The Morgan fingerprint density at radius 2 is 1.56 bits per heavy atom. The Balaban J connectivity index is 2.12. The average molecular weight is 263 g/mol. The summed E-state index contributed by atoms with van der Waals surface area (Å²) < 4.78 is 20.5. The van der Waals surface area contributed by atoms with Crippen LogP contribution < -0.4 is 4.49 Å². The molecule has 0 spiro atoms. The van der Waals surface area contributed by atoms with Crippen molar-refractivity contribution in [3.05, 3.63) is 0 Å². The number of hydrogen-bond donors (Lipinski definition) is 1. The van der Waals surface area contributed by atoms with Gasteiger partial charge in [-0.1, -0.05) is 18.9 Å². The first-order valence-corrected chi connectivity index (χ1v) is 8.39. The van der Waals surface area contributed by atoms with E-state index >= 15 is 0 Å². The molecule has 2 fully saturated rings. The second-order valence-corrected chi connectivity index (χ2v) is 9.46. The molecule has 6 heteroatoms. The minimum atomic E-state index is -2.52. The van der Waals surface area contributed by atoms with Crippen molar-refractivity contribution in [3.8, 4) is 0 Å². The van der Waals surface area contributed by atoms with Crippen LogP contribution in [0.15, 0.2) is 0 Å². The second kappa shape index (κ2) is 3.72. The van der Waals surface area contributed by atoms with Gasteiger partial charge in [-0.2, -0.15) is 4.49 Å². The maximum atomic E-state index is 13.0. The molecule has 0 radical (unpaired) electrons. The summed E-state index contributed by atoms with van der Waals surface area (Å²) in [6, 6.07) is 0. The molecular weight excluding hydrogens is 241 g/mol. The number of nitrogens with zero attached hydrogens (tertiary/aromatic N) is 2. The number of rotatable bonds is 5. The predicted octanol–water partition coefficient (Wildman–Crippen LogP) is 2.54. The highest BCUT2D eigenvalue weighted by Crippen LogP contribution is 2.67. The summed E-state index contributed by atoms with van der Waals surface area (Å²) in [4.78, 5) is 0. The molecule has 94 valence electrons. The number of nitrogens with one attached hydrogen (secondary N) is 1. The monoisotopic (exact) mass is 263 g/mol.